The van der Waals surface area contributed by atoms with E-state index in [2.05, 4.69) is 36.5 Å². The average molecular weight is 368 g/mol. The number of hydrogen-bond donors (Lipinski definition) is 2. The highest BCUT2D eigenvalue weighted by molar-refractivity contribution is 5.64. The lowest BCUT2D eigenvalue weighted by Crippen LogP contribution is -2.40. The number of primary amides is 1. The third-order valence-electron chi connectivity index (χ3n) is 5.13. The van der Waals surface area contributed by atoms with Gasteiger partial charge >= 0.3 is 6.09 Å². The monoisotopic (exact) mass is 368 g/mol. The summed E-state index contributed by atoms with van der Waals surface area (Å²) in [5.41, 5.74) is 9.80. The number of carbonyl (C=O) groups is 1. The number of nitrogens with two attached hydrogens (primary N) is 1. The molecular formula is C22H28N2O3. The molecule has 27 heavy (non-hydrogen) atoms. The fourth-order valence-corrected chi connectivity index (χ4v) is 3.69. The van der Waals surface area contributed by atoms with Gasteiger partial charge in [-0.15, -0.1) is 0 Å². The van der Waals surface area contributed by atoms with Gasteiger partial charge < -0.3 is 20.5 Å². The summed E-state index contributed by atoms with van der Waals surface area (Å²) in [6.45, 7) is 2.42. The highest BCUT2D eigenvalue weighted by Crippen LogP contribution is 2.34. The summed E-state index contributed by atoms with van der Waals surface area (Å²) in [7, 11) is 1.71. The topological polar surface area (TPSA) is 73.6 Å². The predicted molar refractivity (Wildman–Crippen MR) is 106 cm³/mol. The van der Waals surface area contributed by atoms with Crippen LogP contribution in [0.15, 0.2) is 42.5 Å². The molecule has 1 heterocycles. The molecule has 5 heteroatoms. The van der Waals surface area contributed by atoms with Gasteiger partial charge in [-0.2, -0.15) is 0 Å². The zero-order valence-corrected chi connectivity index (χ0v) is 16.0. The minimum absolute atomic E-state index is 0.146. The van der Waals surface area contributed by atoms with E-state index >= 15 is 0 Å². The number of ether oxygens (including phenoxy) is 2. The normalized spacial score (nSPS) is 18.6. The molecule has 0 unspecified atom stereocenters. The van der Waals surface area contributed by atoms with Gasteiger partial charge in [0.1, 0.15) is 12.4 Å². The molecule has 1 aliphatic heterocycles. The Labute approximate surface area is 160 Å². The maximum Gasteiger partial charge on any atom is 0.404 e. The van der Waals surface area contributed by atoms with E-state index in [-0.39, 0.29) is 12.6 Å². The number of methoxy groups -OCH3 is 1. The number of nitrogens with one attached hydrogen (secondary N) is 1. The number of unbranched alkanes of at least 4 members (excludes halogenated alkanes) is 1. The lowest BCUT2D eigenvalue weighted by Gasteiger charge is -2.34. The summed E-state index contributed by atoms with van der Waals surface area (Å²) in [6, 6.07) is 15.1. The lowest BCUT2D eigenvalue weighted by atomic mass is 9.85. The summed E-state index contributed by atoms with van der Waals surface area (Å²) in [6.07, 6.45) is 3.84. The van der Waals surface area contributed by atoms with E-state index in [0.29, 0.717) is 6.04 Å². The maximum absolute atomic E-state index is 10.8. The van der Waals surface area contributed by atoms with E-state index in [1.54, 1.807) is 7.11 Å². The van der Waals surface area contributed by atoms with Crippen molar-refractivity contribution >= 4 is 6.09 Å². The standard InChI is InChI=1S/C22H28N2O3/c1-3-4-5-18-12-17-13-19(26-2)10-11-20(17)21(24-18)16-8-6-15(7-9-16)14-27-22(23)25/h6-11,13,18,21,24H,3-5,12,14H2,1-2H3,(H2,23,25)/t18-,21-/m0/s1. The summed E-state index contributed by atoms with van der Waals surface area (Å²) in [5.74, 6) is 0.905. The zero-order valence-electron chi connectivity index (χ0n) is 16.0. The summed E-state index contributed by atoms with van der Waals surface area (Å²) >= 11 is 0. The van der Waals surface area contributed by atoms with Crippen LogP contribution in [-0.2, 0) is 17.8 Å². The zero-order chi connectivity index (χ0) is 19.2. The van der Waals surface area contributed by atoms with Crippen LogP contribution in [0.1, 0.15) is 54.5 Å². The van der Waals surface area contributed by atoms with Crippen molar-refractivity contribution in [1.29, 1.82) is 0 Å². The Hall–Kier alpha value is -2.53. The van der Waals surface area contributed by atoms with Crippen LogP contribution in [0.4, 0.5) is 4.79 Å². The van der Waals surface area contributed by atoms with Crippen molar-refractivity contribution in [2.45, 2.75) is 51.3 Å². The van der Waals surface area contributed by atoms with Gasteiger partial charge in [-0.3, -0.25) is 0 Å². The maximum atomic E-state index is 10.8. The van der Waals surface area contributed by atoms with Crippen molar-refractivity contribution in [2.75, 3.05) is 7.11 Å². The van der Waals surface area contributed by atoms with Crippen LogP contribution in [-0.4, -0.2) is 19.2 Å². The second-order valence-corrected chi connectivity index (χ2v) is 7.06. The SMILES string of the molecule is CCCC[C@H]1Cc2cc(OC)ccc2[C@H](c2ccc(COC(N)=O)cc2)N1. The molecule has 3 N–H and O–H groups in total. The Morgan fingerprint density at radius 2 is 2.00 bits per heavy atom. The third kappa shape index (κ3) is 4.80. The number of benzene rings is 2. The van der Waals surface area contributed by atoms with E-state index < -0.39 is 6.09 Å². The molecule has 2 atom stereocenters. The molecule has 1 amide bonds. The highest BCUT2D eigenvalue weighted by Gasteiger charge is 2.27. The fraction of sp³-hybridized carbons (Fsp3) is 0.409. The first kappa shape index (κ1) is 19.2. The largest absolute Gasteiger partial charge is 0.497 e. The van der Waals surface area contributed by atoms with Gasteiger partial charge in [0, 0.05) is 6.04 Å². The van der Waals surface area contributed by atoms with Crippen LogP contribution in [0.3, 0.4) is 0 Å². The number of fused-ring (bicyclic) bond motifs is 1. The van der Waals surface area contributed by atoms with Crippen LogP contribution in [0.25, 0.3) is 0 Å². The van der Waals surface area contributed by atoms with Crippen LogP contribution in [0, 0.1) is 0 Å². The van der Waals surface area contributed by atoms with Crippen LogP contribution >= 0.6 is 0 Å². The van der Waals surface area contributed by atoms with Gasteiger partial charge in [-0.1, -0.05) is 50.1 Å². The van der Waals surface area contributed by atoms with Crippen molar-refractivity contribution < 1.29 is 14.3 Å². The number of rotatable bonds is 7. The third-order valence-corrected chi connectivity index (χ3v) is 5.13. The molecule has 0 fully saturated rings. The van der Waals surface area contributed by atoms with Gasteiger partial charge in [0.25, 0.3) is 0 Å². The average Bonchev–Trinajstić information content (AvgIpc) is 2.70. The Kier molecular flexibility index (Phi) is 6.35. The molecule has 0 spiro atoms. The molecule has 0 bridgehead atoms. The number of amides is 1. The molecule has 3 rings (SSSR count). The second-order valence-electron chi connectivity index (χ2n) is 7.06. The molecule has 0 radical (unpaired) electrons. The molecule has 0 aromatic heterocycles. The van der Waals surface area contributed by atoms with Crippen LogP contribution in [0.2, 0.25) is 0 Å². The lowest BCUT2D eigenvalue weighted by molar-refractivity contribution is 0.150. The van der Waals surface area contributed by atoms with Gasteiger partial charge in [0.05, 0.1) is 13.2 Å². The molecule has 0 saturated carbocycles. The van der Waals surface area contributed by atoms with Gasteiger partial charge in [-0.25, -0.2) is 4.79 Å². The van der Waals surface area contributed by atoms with E-state index in [1.807, 2.05) is 18.2 Å². The van der Waals surface area contributed by atoms with E-state index in [1.165, 1.54) is 29.5 Å². The Morgan fingerprint density at radius 1 is 1.22 bits per heavy atom. The second kappa shape index (κ2) is 8.91. The minimum Gasteiger partial charge on any atom is -0.497 e. The number of hydrogen-bond acceptors (Lipinski definition) is 4. The molecule has 2 aromatic rings. The first-order valence-electron chi connectivity index (χ1n) is 9.54. The Morgan fingerprint density at radius 3 is 2.67 bits per heavy atom. The predicted octanol–water partition coefficient (Wildman–Crippen LogP) is 4.08. The van der Waals surface area contributed by atoms with Crippen molar-refractivity contribution in [3.63, 3.8) is 0 Å². The van der Waals surface area contributed by atoms with Gasteiger partial charge in [-0.05, 0) is 47.2 Å². The van der Waals surface area contributed by atoms with Crippen molar-refractivity contribution in [3.8, 4) is 5.75 Å². The first-order chi connectivity index (χ1) is 13.1. The smallest absolute Gasteiger partial charge is 0.404 e. The van der Waals surface area contributed by atoms with Crippen molar-refractivity contribution in [2.24, 2.45) is 5.73 Å². The van der Waals surface area contributed by atoms with E-state index in [9.17, 15) is 4.79 Å². The Balaban J connectivity index is 1.85. The molecule has 2 aromatic carbocycles. The minimum atomic E-state index is -0.755. The molecule has 5 nitrogen and oxygen atoms in total. The van der Waals surface area contributed by atoms with Crippen molar-refractivity contribution in [3.05, 3.63) is 64.7 Å². The summed E-state index contributed by atoms with van der Waals surface area (Å²) < 4.78 is 10.3. The molecule has 144 valence electrons. The molecule has 0 aliphatic carbocycles. The Bertz CT molecular complexity index is 774. The number of carbonyl (C=O) groups excluding carboxylic acids is 1. The molecule has 1 aliphatic rings. The van der Waals surface area contributed by atoms with E-state index in [4.69, 9.17) is 15.2 Å². The van der Waals surface area contributed by atoms with Crippen LogP contribution < -0.4 is 15.8 Å². The quantitative estimate of drug-likeness (QED) is 0.772. The molecule has 0 saturated heterocycles. The fourth-order valence-electron chi connectivity index (χ4n) is 3.69. The van der Waals surface area contributed by atoms with Gasteiger partial charge in [0.2, 0.25) is 0 Å². The van der Waals surface area contributed by atoms with Crippen LogP contribution in [0.5, 0.6) is 5.75 Å². The first-order valence-corrected chi connectivity index (χ1v) is 9.54. The molecular weight excluding hydrogens is 340 g/mol. The van der Waals surface area contributed by atoms with E-state index in [0.717, 1.165) is 24.2 Å². The van der Waals surface area contributed by atoms with Crippen molar-refractivity contribution in [1.82, 2.24) is 5.32 Å². The summed E-state index contributed by atoms with van der Waals surface area (Å²) in [4.78, 5) is 10.8. The highest BCUT2D eigenvalue weighted by atomic mass is 16.5. The summed E-state index contributed by atoms with van der Waals surface area (Å²) in [5, 5.41) is 3.82. The van der Waals surface area contributed by atoms with Gasteiger partial charge in [0.15, 0.2) is 0 Å².